The molecule has 0 saturated carbocycles. The minimum absolute atomic E-state index is 0.0946. The average Bonchev–Trinajstić information content (AvgIpc) is 2.79. The van der Waals surface area contributed by atoms with Crippen molar-refractivity contribution in [3.8, 4) is 5.75 Å². The third kappa shape index (κ3) is 6.04. The number of anilines is 1. The summed E-state index contributed by atoms with van der Waals surface area (Å²) in [5, 5.41) is 8.68. The van der Waals surface area contributed by atoms with Crippen LogP contribution in [-0.2, 0) is 0 Å². The van der Waals surface area contributed by atoms with E-state index in [9.17, 15) is 9.59 Å². The van der Waals surface area contributed by atoms with Gasteiger partial charge in [0.1, 0.15) is 5.75 Å². The van der Waals surface area contributed by atoms with E-state index in [1.807, 2.05) is 37.3 Å². The average molecular weight is 559 g/mol. The number of methoxy groups -OCH3 is 1. The molecule has 3 aromatic rings. The van der Waals surface area contributed by atoms with Crippen molar-refractivity contribution in [2.75, 3.05) is 12.4 Å². The molecule has 6 nitrogen and oxygen atoms in total. The lowest BCUT2D eigenvalue weighted by Gasteiger charge is -2.17. The number of ether oxygens (including phenoxy) is 1. The second kappa shape index (κ2) is 11.1. The molecule has 0 heterocycles. The van der Waals surface area contributed by atoms with Crippen molar-refractivity contribution in [3.05, 3.63) is 93.1 Å². The molecule has 0 bridgehead atoms. The second-order valence-corrected chi connectivity index (χ2v) is 8.48. The van der Waals surface area contributed by atoms with Crippen LogP contribution in [0.4, 0.5) is 5.69 Å². The predicted octanol–water partition coefficient (Wildman–Crippen LogP) is 4.92. The molecule has 0 fully saturated rings. The van der Waals surface area contributed by atoms with Gasteiger partial charge in [-0.15, -0.1) is 0 Å². The molecule has 0 aliphatic rings. The smallest absolute Gasteiger partial charge is 0.257 e. The lowest BCUT2D eigenvalue weighted by Crippen LogP contribution is -2.35. The van der Waals surface area contributed by atoms with E-state index in [-0.39, 0.29) is 23.0 Å². The molecule has 0 aromatic heterocycles. The minimum atomic E-state index is -0.359. The number of hydrogen-bond acceptors (Lipinski definition) is 4. The van der Waals surface area contributed by atoms with Gasteiger partial charge in [-0.3, -0.25) is 14.9 Å². The first-order valence-corrected chi connectivity index (χ1v) is 11.3. The van der Waals surface area contributed by atoms with Crippen molar-refractivity contribution in [1.82, 2.24) is 10.6 Å². The van der Waals surface area contributed by atoms with Gasteiger partial charge in [0.05, 0.1) is 28.0 Å². The van der Waals surface area contributed by atoms with Gasteiger partial charge in [0.25, 0.3) is 11.8 Å². The Labute approximate surface area is 205 Å². The molecule has 1 atom stereocenters. The van der Waals surface area contributed by atoms with Crippen LogP contribution in [0.3, 0.4) is 0 Å². The van der Waals surface area contributed by atoms with Crippen molar-refractivity contribution in [3.63, 3.8) is 0 Å². The number of carbonyl (C=O) groups excluding carboxylic acids is 2. The van der Waals surface area contributed by atoms with Crippen LogP contribution in [0.15, 0.2) is 72.8 Å². The van der Waals surface area contributed by atoms with E-state index in [1.54, 1.807) is 49.6 Å². The van der Waals surface area contributed by atoms with Crippen LogP contribution in [0.1, 0.15) is 39.2 Å². The highest BCUT2D eigenvalue weighted by Crippen LogP contribution is 2.22. The van der Waals surface area contributed by atoms with E-state index in [0.29, 0.717) is 22.6 Å². The minimum Gasteiger partial charge on any atom is -0.496 e. The van der Waals surface area contributed by atoms with Crippen LogP contribution in [0.2, 0.25) is 0 Å². The fourth-order valence-corrected chi connectivity index (χ4v) is 3.96. The van der Waals surface area contributed by atoms with Gasteiger partial charge in [0.15, 0.2) is 5.11 Å². The summed E-state index contributed by atoms with van der Waals surface area (Å²) < 4.78 is 6.03. The van der Waals surface area contributed by atoms with Gasteiger partial charge >= 0.3 is 0 Å². The molecule has 2 amide bonds. The Balaban J connectivity index is 1.67. The summed E-state index contributed by atoms with van der Waals surface area (Å²) in [6.45, 7) is 1.92. The van der Waals surface area contributed by atoms with Gasteiger partial charge in [-0.2, -0.15) is 0 Å². The third-order valence-corrected chi connectivity index (χ3v) is 5.76. The van der Waals surface area contributed by atoms with Crippen LogP contribution >= 0.6 is 34.8 Å². The highest BCUT2D eigenvalue weighted by molar-refractivity contribution is 14.1. The van der Waals surface area contributed by atoms with Crippen LogP contribution < -0.4 is 20.7 Å². The Hall–Kier alpha value is -2.98. The summed E-state index contributed by atoms with van der Waals surface area (Å²) in [6.07, 6.45) is 0. The maximum atomic E-state index is 12.9. The van der Waals surface area contributed by atoms with E-state index >= 15 is 0 Å². The fourth-order valence-electron chi connectivity index (χ4n) is 3.03. The summed E-state index contributed by atoms with van der Waals surface area (Å²) in [6, 6.07) is 21.6. The second-order valence-electron chi connectivity index (χ2n) is 6.91. The topological polar surface area (TPSA) is 79.5 Å². The quantitative estimate of drug-likeness (QED) is 0.295. The SMILES string of the molecule is COc1ccc(C(=O)NC(=S)Nc2ccccc2C(=O)NC(C)c2ccccc2)cc1I. The largest absolute Gasteiger partial charge is 0.496 e. The zero-order chi connectivity index (χ0) is 23.1. The zero-order valence-corrected chi connectivity index (χ0v) is 20.5. The van der Waals surface area contributed by atoms with Gasteiger partial charge in [-0.1, -0.05) is 42.5 Å². The molecule has 3 N–H and O–H groups in total. The van der Waals surface area contributed by atoms with Crippen molar-refractivity contribution in [2.24, 2.45) is 0 Å². The standard InChI is InChI=1S/C24H22IN3O3S/c1-15(16-8-4-3-5-9-16)26-23(30)18-10-6-7-11-20(18)27-24(32)28-22(29)17-12-13-21(31-2)19(25)14-17/h3-15H,1-2H3,(H,26,30)(H2,27,28,29,32). The molecule has 8 heteroatoms. The third-order valence-electron chi connectivity index (χ3n) is 4.71. The molecule has 164 valence electrons. The molecule has 0 spiro atoms. The Morgan fingerprint density at radius 3 is 2.34 bits per heavy atom. The molecule has 32 heavy (non-hydrogen) atoms. The maximum Gasteiger partial charge on any atom is 0.257 e. The summed E-state index contributed by atoms with van der Waals surface area (Å²) in [5.41, 5.74) is 2.37. The van der Waals surface area contributed by atoms with Gasteiger partial charge in [0, 0.05) is 5.56 Å². The number of para-hydroxylation sites is 1. The molecule has 1 unspecified atom stereocenters. The van der Waals surface area contributed by atoms with Crippen LogP contribution in [0.5, 0.6) is 5.75 Å². The number of hydrogen-bond donors (Lipinski definition) is 3. The van der Waals surface area contributed by atoms with E-state index in [4.69, 9.17) is 17.0 Å². The van der Waals surface area contributed by atoms with Gasteiger partial charge in [0.2, 0.25) is 0 Å². The Kier molecular flexibility index (Phi) is 8.18. The van der Waals surface area contributed by atoms with Crippen LogP contribution in [-0.4, -0.2) is 24.0 Å². The fraction of sp³-hybridized carbons (Fsp3) is 0.125. The number of thiocarbonyl (C=S) groups is 1. The van der Waals surface area contributed by atoms with E-state index in [2.05, 4.69) is 38.5 Å². The first-order valence-electron chi connectivity index (χ1n) is 9.79. The zero-order valence-electron chi connectivity index (χ0n) is 17.5. The summed E-state index contributed by atoms with van der Waals surface area (Å²) in [7, 11) is 1.57. The summed E-state index contributed by atoms with van der Waals surface area (Å²) >= 11 is 7.40. The van der Waals surface area contributed by atoms with E-state index < -0.39 is 0 Å². The Morgan fingerprint density at radius 1 is 0.969 bits per heavy atom. The number of nitrogens with one attached hydrogen (secondary N) is 3. The molecule has 3 aromatic carbocycles. The first kappa shape index (κ1) is 23.7. The molecule has 0 radical (unpaired) electrons. The monoisotopic (exact) mass is 559 g/mol. The van der Waals surface area contributed by atoms with Crippen LogP contribution in [0.25, 0.3) is 0 Å². The lowest BCUT2D eigenvalue weighted by atomic mass is 10.1. The lowest BCUT2D eigenvalue weighted by molar-refractivity contribution is 0.0939. The van der Waals surface area contributed by atoms with Crippen LogP contribution in [0, 0.1) is 3.57 Å². The predicted molar refractivity (Wildman–Crippen MR) is 138 cm³/mol. The van der Waals surface area contributed by atoms with Crippen molar-refractivity contribution >= 4 is 57.4 Å². The molecule has 3 rings (SSSR count). The summed E-state index contributed by atoms with van der Waals surface area (Å²) in [4.78, 5) is 25.4. The van der Waals surface area contributed by atoms with Gasteiger partial charge in [-0.25, -0.2) is 0 Å². The van der Waals surface area contributed by atoms with E-state index in [1.165, 1.54) is 0 Å². The molecule has 0 aliphatic carbocycles. The van der Waals surface area contributed by atoms with Gasteiger partial charge < -0.3 is 15.4 Å². The number of rotatable bonds is 6. The number of benzene rings is 3. The number of amides is 2. The summed E-state index contributed by atoms with van der Waals surface area (Å²) in [5.74, 6) is 0.0820. The molecular formula is C24H22IN3O3S. The van der Waals surface area contributed by atoms with Crippen molar-refractivity contribution in [1.29, 1.82) is 0 Å². The molecule has 0 saturated heterocycles. The number of halogens is 1. The highest BCUT2D eigenvalue weighted by atomic mass is 127. The maximum absolute atomic E-state index is 12.9. The molecular weight excluding hydrogens is 537 g/mol. The first-order chi connectivity index (χ1) is 15.4. The van der Waals surface area contributed by atoms with E-state index in [0.717, 1.165) is 9.13 Å². The highest BCUT2D eigenvalue weighted by Gasteiger charge is 2.16. The van der Waals surface area contributed by atoms with Gasteiger partial charge in [-0.05, 0) is 77.6 Å². The normalized spacial score (nSPS) is 11.2. The van der Waals surface area contributed by atoms with Crippen molar-refractivity contribution in [2.45, 2.75) is 13.0 Å². The Morgan fingerprint density at radius 2 is 1.66 bits per heavy atom. The van der Waals surface area contributed by atoms with Crippen molar-refractivity contribution < 1.29 is 14.3 Å². The number of carbonyl (C=O) groups is 2. The Bertz CT molecular complexity index is 1140. The molecule has 0 aliphatic heterocycles.